The summed E-state index contributed by atoms with van der Waals surface area (Å²) in [5.74, 6) is 1.48. The second kappa shape index (κ2) is 6.16. The Bertz CT molecular complexity index is 609. The van der Waals surface area contributed by atoms with Crippen LogP contribution in [-0.4, -0.2) is 23.6 Å². The lowest BCUT2D eigenvalue weighted by molar-refractivity contribution is -0.384. The summed E-state index contributed by atoms with van der Waals surface area (Å²) in [6, 6.07) is 4.35. The number of non-ortho nitro benzene ring substituents is 1. The molecule has 0 saturated carbocycles. The summed E-state index contributed by atoms with van der Waals surface area (Å²) in [5, 5.41) is 10.7. The first kappa shape index (κ1) is 14.0. The quantitative estimate of drug-likeness (QED) is 0.640. The Morgan fingerprint density at radius 2 is 2.30 bits per heavy atom. The number of nitro groups is 1. The molecule has 7 nitrogen and oxygen atoms in total. The molecule has 0 aliphatic heterocycles. The molecule has 0 aliphatic carbocycles. The summed E-state index contributed by atoms with van der Waals surface area (Å²) >= 11 is 0. The van der Waals surface area contributed by atoms with Crippen molar-refractivity contribution in [1.29, 1.82) is 0 Å². The number of hydrogen-bond acceptors (Lipinski definition) is 6. The number of oxazole rings is 1. The summed E-state index contributed by atoms with van der Waals surface area (Å²) in [4.78, 5) is 14.4. The number of ether oxygens (including phenoxy) is 1. The van der Waals surface area contributed by atoms with E-state index in [0.29, 0.717) is 35.9 Å². The van der Waals surface area contributed by atoms with Crippen LogP contribution in [0.3, 0.4) is 0 Å². The van der Waals surface area contributed by atoms with Gasteiger partial charge in [-0.3, -0.25) is 10.1 Å². The summed E-state index contributed by atoms with van der Waals surface area (Å²) in [5.41, 5.74) is 6.03. The molecule has 20 heavy (non-hydrogen) atoms. The Morgan fingerprint density at radius 3 is 2.95 bits per heavy atom. The topological polar surface area (TPSA) is 104 Å². The van der Waals surface area contributed by atoms with Gasteiger partial charge in [-0.15, -0.1) is 0 Å². The maximum atomic E-state index is 10.7. The van der Waals surface area contributed by atoms with E-state index in [4.69, 9.17) is 14.9 Å². The highest BCUT2D eigenvalue weighted by molar-refractivity contribution is 5.67. The minimum absolute atomic E-state index is 0.0338. The van der Waals surface area contributed by atoms with E-state index in [2.05, 4.69) is 4.98 Å². The van der Waals surface area contributed by atoms with Crippen molar-refractivity contribution in [1.82, 2.24) is 4.98 Å². The van der Waals surface area contributed by atoms with Crippen LogP contribution in [-0.2, 0) is 6.42 Å². The van der Waals surface area contributed by atoms with E-state index in [-0.39, 0.29) is 5.69 Å². The van der Waals surface area contributed by atoms with Crippen LogP contribution in [0.4, 0.5) is 5.69 Å². The van der Waals surface area contributed by atoms with Gasteiger partial charge in [0, 0.05) is 12.5 Å². The van der Waals surface area contributed by atoms with Gasteiger partial charge in [-0.05, 0) is 19.0 Å². The Hall–Kier alpha value is -2.41. The molecule has 0 atom stereocenters. The zero-order valence-electron chi connectivity index (χ0n) is 11.0. The maximum Gasteiger partial charge on any atom is 0.273 e. The third kappa shape index (κ3) is 2.94. The molecule has 7 heteroatoms. The van der Waals surface area contributed by atoms with Gasteiger partial charge in [-0.25, -0.2) is 4.98 Å². The summed E-state index contributed by atoms with van der Waals surface area (Å²) < 4.78 is 10.8. The first-order valence-corrected chi connectivity index (χ1v) is 6.13. The first-order valence-electron chi connectivity index (χ1n) is 6.13. The molecule has 2 rings (SSSR count). The van der Waals surface area contributed by atoms with Gasteiger partial charge in [-0.1, -0.05) is 0 Å². The van der Waals surface area contributed by atoms with E-state index in [1.807, 2.05) is 0 Å². The van der Waals surface area contributed by atoms with Gasteiger partial charge in [0.1, 0.15) is 5.75 Å². The highest BCUT2D eigenvalue weighted by atomic mass is 16.6. The minimum atomic E-state index is -0.473. The second-order valence-corrected chi connectivity index (χ2v) is 4.15. The van der Waals surface area contributed by atoms with E-state index in [1.54, 1.807) is 12.3 Å². The monoisotopic (exact) mass is 277 g/mol. The highest BCUT2D eigenvalue weighted by Gasteiger charge is 2.15. The lowest BCUT2D eigenvalue weighted by Gasteiger charge is -2.05. The van der Waals surface area contributed by atoms with Gasteiger partial charge < -0.3 is 14.9 Å². The van der Waals surface area contributed by atoms with Crippen LogP contribution in [0, 0.1) is 10.1 Å². The number of nitrogens with two attached hydrogens (primary N) is 1. The van der Waals surface area contributed by atoms with Crippen molar-refractivity contribution in [2.75, 3.05) is 13.7 Å². The Morgan fingerprint density at radius 1 is 1.50 bits per heavy atom. The third-order valence-electron chi connectivity index (χ3n) is 2.81. The van der Waals surface area contributed by atoms with E-state index < -0.39 is 4.92 Å². The Labute approximate surface area is 115 Å². The maximum absolute atomic E-state index is 10.7. The van der Waals surface area contributed by atoms with Crippen LogP contribution >= 0.6 is 0 Å². The van der Waals surface area contributed by atoms with Crippen molar-refractivity contribution in [3.8, 4) is 17.1 Å². The minimum Gasteiger partial charge on any atom is -0.496 e. The van der Waals surface area contributed by atoms with Crippen LogP contribution in [0.5, 0.6) is 5.75 Å². The number of rotatable bonds is 6. The molecule has 1 heterocycles. The fourth-order valence-electron chi connectivity index (χ4n) is 1.80. The molecular formula is C13H15N3O4. The Balaban J connectivity index is 2.32. The van der Waals surface area contributed by atoms with E-state index >= 15 is 0 Å². The fraction of sp³-hybridized carbons (Fsp3) is 0.308. The standard InChI is InChI=1S/C13H15N3O4/c1-19-11-7-9(16(17)18)4-5-10(11)12-8-15-13(20-12)3-2-6-14/h4-5,7-8H,2-3,6,14H2,1H3. The lowest BCUT2D eigenvalue weighted by atomic mass is 10.1. The van der Waals surface area contributed by atoms with Gasteiger partial charge in [0.2, 0.25) is 0 Å². The van der Waals surface area contributed by atoms with Crippen LogP contribution in [0.15, 0.2) is 28.8 Å². The molecule has 0 radical (unpaired) electrons. The molecular weight excluding hydrogens is 262 g/mol. The molecule has 2 aromatic rings. The molecule has 0 aliphatic rings. The fourth-order valence-corrected chi connectivity index (χ4v) is 1.80. The van der Waals surface area contributed by atoms with Crippen LogP contribution in [0.2, 0.25) is 0 Å². The smallest absolute Gasteiger partial charge is 0.273 e. The molecule has 0 fully saturated rings. The molecule has 0 spiro atoms. The molecule has 0 saturated heterocycles. The summed E-state index contributed by atoms with van der Waals surface area (Å²) in [6.45, 7) is 0.568. The van der Waals surface area contributed by atoms with Crippen molar-refractivity contribution < 1.29 is 14.1 Å². The van der Waals surface area contributed by atoms with Gasteiger partial charge in [-0.2, -0.15) is 0 Å². The number of hydrogen-bond donors (Lipinski definition) is 1. The predicted molar refractivity (Wildman–Crippen MR) is 72.5 cm³/mol. The van der Waals surface area contributed by atoms with Gasteiger partial charge in [0.15, 0.2) is 11.7 Å². The zero-order valence-corrected chi connectivity index (χ0v) is 11.0. The number of nitro benzene ring substituents is 1. The van der Waals surface area contributed by atoms with Gasteiger partial charge >= 0.3 is 0 Å². The van der Waals surface area contributed by atoms with Crippen molar-refractivity contribution >= 4 is 5.69 Å². The van der Waals surface area contributed by atoms with E-state index in [0.717, 1.165) is 6.42 Å². The highest BCUT2D eigenvalue weighted by Crippen LogP contribution is 2.33. The first-order chi connectivity index (χ1) is 9.65. The average molecular weight is 277 g/mol. The molecule has 2 N–H and O–H groups in total. The van der Waals surface area contributed by atoms with Gasteiger partial charge in [0.25, 0.3) is 5.69 Å². The third-order valence-corrected chi connectivity index (χ3v) is 2.81. The molecule has 0 amide bonds. The summed E-state index contributed by atoms with van der Waals surface area (Å²) in [7, 11) is 1.45. The summed E-state index contributed by atoms with van der Waals surface area (Å²) in [6.07, 6.45) is 3.03. The molecule has 0 unspecified atom stereocenters. The van der Waals surface area contributed by atoms with Crippen LogP contribution in [0.25, 0.3) is 11.3 Å². The van der Waals surface area contributed by atoms with Crippen molar-refractivity contribution in [2.24, 2.45) is 5.73 Å². The number of methoxy groups -OCH3 is 1. The van der Waals surface area contributed by atoms with E-state index in [1.165, 1.54) is 19.2 Å². The molecule has 0 bridgehead atoms. The normalized spacial score (nSPS) is 10.5. The zero-order chi connectivity index (χ0) is 14.5. The Kier molecular flexibility index (Phi) is 4.31. The SMILES string of the molecule is COc1cc([N+](=O)[O-])ccc1-c1cnc(CCCN)o1. The van der Waals surface area contributed by atoms with Crippen LogP contribution in [0.1, 0.15) is 12.3 Å². The van der Waals surface area contributed by atoms with Crippen molar-refractivity contribution in [2.45, 2.75) is 12.8 Å². The number of nitrogens with zero attached hydrogens (tertiary/aromatic N) is 2. The average Bonchev–Trinajstić information content (AvgIpc) is 2.92. The molecule has 1 aromatic carbocycles. The largest absolute Gasteiger partial charge is 0.496 e. The van der Waals surface area contributed by atoms with Gasteiger partial charge in [0.05, 0.1) is 29.9 Å². The molecule has 106 valence electrons. The number of aromatic nitrogens is 1. The van der Waals surface area contributed by atoms with Crippen LogP contribution < -0.4 is 10.5 Å². The van der Waals surface area contributed by atoms with Crippen molar-refractivity contribution in [3.63, 3.8) is 0 Å². The second-order valence-electron chi connectivity index (χ2n) is 4.15. The van der Waals surface area contributed by atoms with Crippen molar-refractivity contribution in [3.05, 3.63) is 40.4 Å². The molecule has 1 aromatic heterocycles. The van der Waals surface area contributed by atoms with E-state index in [9.17, 15) is 10.1 Å². The number of benzene rings is 1. The predicted octanol–water partition coefficient (Wildman–Crippen LogP) is 2.15. The number of aryl methyl sites for hydroxylation is 1. The lowest BCUT2D eigenvalue weighted by Crippen LogP contribution is -2.00.